The molecule has 0 aliphatic heterocycles. The first-order valence-corrected chi connectivity index (χ1v) is 9.90. The lowest BCUT2D eigenvalue weighted by Crippen LogP contribution is -2.43. The number of rotatable bonds is 7. The fourth-order valence-electron chi connectivity index (χ4n) is 3.43. The molecule has 2 aromatic rings. The molecule has 1 aliphatic rings. The van der Waals surface area contributed by atoms with Crippen molar-refractivity contribution in [2.75, 3.05) is 6.54 Å². The number of nitrogens with one attached hydrogen (secondary N) is 3. The molecule has 0 radical (unpaired) electrons. The van der Waals surface area contributed by atoms with E-state index < -0.39 is 0 Å². The van der Waals surface area contributed by atoms with E-state index in [4.69, 9.17) is 0 Å². The van der Waals surface area contributed by atoms with Crippen LogP contribution in [0, 0.1) is 0 Å². The molecule has 1 unspecified atom stereocenters. The molecule has 8 heteroatoms. The highest BCUT2D eigenvalue weighted by Gasteiger charge is 2.15. The minimum absolute atomic E-state index is 0.0918. The first-order chi connectivity index (χ1) is 13.6. The van der Waals surface area contributed by atoms with Gasteiger partial charge in [0.05, 0.1) is 11.7 Å². The number of nitrogens with zero attached hydrogens (tertiary/aromatic N) is 3. The SMILES string of the molecule is CC(NC(=O)CCNC(=O)NC1CCCCC1)c1ccc(-n2cncn2)cc1. The van der Waals surface area contributed by atoms with Crippen LogP contribution in [0.15, 0.2) is 36.9 Å². The van der Waals surface area contributed by atoms with Crippen molar-refractivity contribution in [2.24, 2.45) is 0 Å². The van der Waals surface area contributed by atoms with E-state index in [1.54, 1.807) is 11.0 Å². The lowest BCUT2D eigenvalue weighted by molar-refractivity contribution is -0.121. The van der Waals surface area contributed by atoms with Crippen LogP contribution in [0.4, 0.5) is 4.79 Å². The monoisotopic (exact) mass is 384 g/mol. The number of carbonyl (C=O) groups excluding carboxylic acids is 2. The molecule has 1 aromatic carbocycles. The number of hydrogen-bond acceptors (Lipinski definition) is 4. The molecule has 1 aromatic heterocycles. The van der Waals surface area contributed by atoms with Gasteiger partial charge in [0.1, 0.15) is 12.7 Å². The molecule has 0 bridgehead atoms. The minimum atomic E-state index is -0.184. The number of aromatic nitrogens is 3. The van der Waals surface area contributed by atoms with Gasteiger partial charge in [-0.1, -0.05) is 31.4 Å². The number of urea groups is 1. The van der Waals surface area contributed by atoms with Crippen molar-refractivity contribution in [1.82, 2.24) is 30.7 Å². The van der Waals surface area contributed by atoms with Crippen LogP contribution in [0.3, 0.4) is 0 Å². The lowest BCUT2D eigenvalue weighted by atomic mass is 9.96. The van der Waals surface area contributed by atoms with Gasteiger partial charge in [-0.2, -0.15) is 5.10 Å². The van der Waals surface area contributed by atoms with Crippen LogP contribution < -0.4 is 16.0 Å². The van der Waals surface area contributed by atoms with Crippen LogP contribution in [-0.4, -0.2) is 39.3 Å². The Morgan fingerprint density at radius 3 is 2.61 bits per heavy atom. The highest BCUT2D eigenvalue weighted by atomic mass is 16.2. The van der Waals surface area contributed by atoms with Gasteiger partial charge >= 0.3 is 6.03 Å². The third kappa shape index (κ3) is 5.80. The normalized spacial score (nSPS) is 15.6. The largest absolute Gasteiger partial charge is 0.350 e. The maximum Gasteiger partial charge on any atom is 0.315 e. The van der Waals surface area contributed by atoms with Gasteiger partial charge < -0.3 is 16.0 Å². The Morgan fingerprint density at radius 1 is 1.18 bits per heavy atom. The minimum Gasteiger partial charge on any atom is -0.350 e. The van der Waals surface area contributed by atoms with E-state index in [1.807, 2.05) is 31.2 Å². The van der Waals surface area contributed by atoms with Gasteiger partial charge in [-0.3, -0.25) is 4.79 Å². The number of amides is 3. The maximum atomic E-state index is 12.1. The van der Waals surface area contributed by atoms with Gasteiger partial charge in [0.2, 0.25) is 5.91 Å². The number of hydrogen-bond donors (Lipinski definition) is 3. The summed E-state index contributed by atoms with van der Waals surface area (Å²) in [6.07, 6.45) is 9.05. The molecule has 8 nitrogen and oxygen atoms in total. The molecule has 3 rings (SSSR count). The Balaban J connectivity index is 1.37. The predicted octanol–water partition coefficient (Wildman–Crippen LogP) is 2.47. The number of carbonyl (C=O) groups is 2. The second-order valence-corrected chi connectivity index (χ2v) is 7.21. The highest BCUT2D eigenvalue weighted by molar-refractivity contribution is 5.78. The molecule has 3 amide bonds. The zero-order valence-corrected chi connectivity index (χ0v) is 16.2. The number of benzene rings is 1. The van der Waals surface area contributed by atoms with E-state index in [0.717, 1.165) is 24.1 Å². The van der Waals surface area contributed by atoms with E-state index in [-0.39, 0.29) is 30.4 Å². The molecule has 28 heavy (non-hydrogen) atoms. The van der Waals surface area contributed by atoms with E-state index in [0.29, 0.717) is 6.54 Å². The zero-order chi connectivity index (χ0) is 19.8. The van der Waals surface area contributed by atoms with Crippen LogP contribution in [0.25, 0.3) is 5.69 Å². The summed E-state index contributed by atoms with van der Waals surface area (Å²) in [6, 6.07) is 7.75. The fraction of sp³-hybridized carbons (Fsp3) is 0.500. The summed E-state index contributed by atoms with van der Waals surface area (Å²) in [5.74, 6) is -0.0918. The van der Waals surface area contributed by atoms with E-state index in [1.165, 1.54) is 25.6 Å². The van der Waals surface area contributed by atoms with Crippen molar-refractivity contribution in [3.8, 4) is 5.69 Å². The molecule has 3 N–H and O–H groups in total. The predicted molar refractivity (Wildman–Crippen MR) is 106 cm³/mol. The molecule has 1 atom stereocenters. The molecular formula is C20H28N6O2. The molecule has 1 aliphatic carbocycles. The van der Waals surface area contributed by atoms with Crippen molar-refractivity contribution in [3.05, 3.63) is 42.5 Å². The Kier molecular flexibility index (Phi) is 7.00. The van der Waals surface area contributed by atoms with Crippen LogP contribution in [0.1, 0.15) is 57.1 Å². The van der Waals surface area contributed by atoms with Crippen molar-refractivity contribution >= 4 is 11.9 Å². The van der Waals surface area contributed by atoms with Gasteiger partial charge in [-0.05, 0) is 37.5 Å². The molecule has 1 heterocycles. The van der Waals surface area contributed by atoms with E-state index in [9.17, 15) is 9.59 Å². The Labute approximate surface area is 165 Å². The summed E-state index contributed by atoms with van der Waals surface area (Å²) in [5.41, 5.74) is 1.91. The van der Waals surface area contributed by atoms with Gasteiger partial charge in [-0.25, -0.2) is 14.5 Å². The van der Waals surface area contributed by atoms with Gasteiger partial charge in [0.15, 0.2) is 0 Å². The average molecular weight is 384 g/mol. The molecule has 150 valence electrons. The average Bonchev–Trinajstić information content (AvgIpc) is 3.23. The lowest BCUT2D eigenvalue weighted by Gasteiger charge is -2.22. The third-order valence-electron chi connectivity index (χ3n) is 5.03. The molecule has 1 saturated carbocycles. The topological polar surface area (TPSA) is 101 Å². The smallest absolute Gasteiger partial charge is 0.315 e. The second-order valence-electron chi connectivity index (χ2n) is 7.21. The first-order valence-electron chi connectivity index (χ1n) is 9.90. The highest BCUT2D eigenvalue weighted by Crippen LogP contribution is 2.17. The second kappa shape index (κ2) is 9.87. The van der Waals surface area contributed by atoms with E-state index >= 15 is 0 Å². The van der Waals surface area contributed by atoms with Crippen molar-refractivity contribution in [2.45, 2.75) is 57.5 Å². The summed E-state index contributed by atoms with van der Waals surface area (Å²) in [4.78, 5) is 28.0. The van der Waals surface area contributed by atoms with Crippen LogP contribution >= 0.6 is 0 Å². The van der Waals surface area contributed by atoms with Crippen molar-refractivity contribution < 1.29 is 9.59 Å². The van der Waals surface area contributed by atoms with E-state index in [2.05, 4.69) is 26.0 Å². The Hall–Kier alpha value is -2.90. The maximum absolute atomic E-state index is 12.1. The summed E-state index contributed by atoms with van der Waals surface area (Å²) in [7, 11) is 0. The summed E-state index contributed by atoms with van der Waals surface area (Å²) >= 11 is 0. The van der Waals surface area contributed by atoms with Crippen LogP contribution in [0.5, 0.6) is 0 Å². The van der Waals surface area contributed by atoms with Crippen LogP contribution in [0.2, 0.25) is 0 Å². The first kappa shape index (κ1) is 19.9. The van der Waals surface area contributed by atoms with Crippen molar-refractivity contribution in [1.29, 1.82) is 0 Å². The summed E-state index contributed by atoms with van der Waals surface area (Å²) in [6.45, 7) is 2.26. The molecule has 0 saturated heterocycles. The molecule has 0 spiro atoms. The standard InChI is InChI=1S/C20H28N6O2/c1-15(16-7-9-18(10-8-16)26-14-21-13-23-26)24-19(27)11-12-22-20(28)25-17-5-3-2-4-6-17/h7-10,13-15,17H,2-6,11-12H2,1H3,(H,24,27)(H2,22,25,28). The van der Waals surface area contributed by atoms with Gasteiger partial charge in [-0.15, -0.1) is 0 Å². The summed E-state index contributed by atoms with van der Waals surface area (Å²) in [5, 5.41) is 12.8. The Morgan fingerprint density at radius 2 is 1.93 bits per heavy atom. The Bertz CT molecular complexity index is 754. The third-order valence-corrected chi connectivity index (χ3v) is 5.03. The zero-order valence-electron chi connectivity index (χ0n) is 16.2. The van der Waals surface area contributed by atoms with Crippen molar-refractivity contribution in [3.63, 3.8) is 0 Å². The quantitative estimate of drug-likeness (QED) is 0.682. The molecule has 1 fully saturated rings. The van der Waals surface area contributed by atoms with Crippen LogP contribution in [-0.2, 0) is 4.79 Å². The van der Waals surface area contributed by atoms with Gasteiger partial charge in [0.25, 0.3) is 0 Å². The van der Waals surface area contributed by atoms with Gasteiger partial charge in [0, 0.05) is 19.0 Å². The summed E-state index contributed by atoms with van der Waals surface area (Å²) < 4.78 is 1.68. The fourth-order valence-corrected chi connectivity index (χ4v) is 3.43. The molecular weight excluding hydrogens is 356 g/mol.